The van der Waals surface area contributed by atoms with Gasteiger partial charge < -0.3 is 14.8 Å². The highest BCUT2D eigenvalue weighted by Crippen LogP contribution is 2.14. The quantitative estimate of drug-likeness (QED) is 0.544. The zero-order valence-corrected chi connectivity index (χ0v) is 12.1. The fourth-order valence-electron chi connectivity index (χ4n) is 2.06. The van der Waals surface area contributed by atoms with Gasteiger partial charge in [-0.25, -0.2) is 9.59 Å². The molecule has 0 aromatic heterocycles. The van der Waals surface area contributed by atoms with Crippen molar-refractivity contribution in [1.82, 2.24) is 5.32 Å². The van der Waals surface area contributed by atoms with Crippen molar-refractivity contribution in [3.05, 3.63) is 0 Å². The summed E-state index contributed by atoms with van der Waals surface area (Å²) in [5.41, 5.74) is 0. The lowest BCUT2D eigenvalue weighted by Gasteiger charge is -2.32. The standard InChI is InChI=1S/C14H25NO4/c1-4-5-6-7-8-9-10(2)18-14(17)15-12-11(3)19-13(12)16/h10-12H,4-9H2,1-3H3,(H,15,17). The van der Waals surface area contributed by atoms with Crippen LogP contribution in [-0.2, 0) is 14.3 Å². The first-order chi connectivity index (χ1) is 9.04. The summed E-state index contributed by atoms with van der Waals surface area (Å²) in [6.45, 7) is 5.80. The summed E-state index contributed by atoms with van der Waals surface area (Å²) in [6, 6.07) is -0.552. The maximum absolute atomic E-state index is 11.5. The van der Waals surface area contributed by atoms with Gasteiger partial charge in [0, 0.05) is 0 Å². The molecule has 0 radical (unpaired) electrons. The molecule has 5 heteroatoms. The fourth-order valence-corrected chi connectivity index (χ4v) is 2.06. The van der Waals surface area contributed by atoms with Crippen LogP contribution in [0.4, 0.5) is 4.79 Å². The van der Waals surface area contributed by atoms with E-state index >= 15 is 0 Å². The molecule has 0 aromatic rings. The molecule has 3 unspecified atom stereocenters. The Labute approximate surface area is 115 Å². The Morgan fingerprint density at radius 2 is 2.05 bits per heavy atom. The lowest BCUT2D eigenvalue weighted by atomic mass is 10.1. The Morgan fingerprint density at radius 1 is 1.37 bits per heavy atom. The molecular weight excluding hydrogens is 246 g/mol. The van der Waals surface area contributed by atoms with Crippen molar-refractivity contribution in [2.75, 3.05) is 0 Å². The van der Waals surface area contributed by atoms with Crippen LogP contribution >= 0.6 is 0 Å². The molecule has 1 N–H and O–H groups in total. The molecule has 1 amide bonds. The summed E-state index contributed by atoms with van der Waals surface area (Å²) in [5, 5.41) is 2.52. The third-order valence-corrected chi connectivity index (χ3v) is 3.32. The van der Waals surface area contributed by atoms with E-state index in [2.05, 4.69) is 12.2 Å². The predicted octanol–water partition coefficient (Wildman–Crippen LogP) is 2.78. The minimum absolute atomic E-state index is 0.118. The second kappa shape index (κ2) is 8.02. The van der Waals surface area contributed by atoms with Crippen LogP contribution in [-0.4, -0.2) is 30.3 Å². The Balaban J connectivity index is 2.09. The van der Waals surface area contributed by atoms with Gasteiger partial charge in [0.05, 0.1) is 0 Å². The largest absolute Gasteiger partial charge is 0.458 e. The van der Waals surface area contributed by atoms with Crippen LogP contribution in [0.25, 0.3) is 0 Å². The van der Waals surface area contributed by atoms with E-state index in [0.29, 0.717) is 0 Å². The summed E-state index contributed by atoms with van der Waals surface area (Å²) in [4.78, 5) is 22.6. The molecule has 0 aliphatic carbocycles. The smallest absolute Gasteiger partial charge is 0.408 e. The van der Waals surface area contributed by atoms with E-state index in [9.17, 15) is 9.59 Å². The lowest BCUT2D eigenvalue weighted by Crippen LogP contribution is -2.58. The molecule has 5 nitrogen and oxygen atoms in total. The maximum atomic E-state index is 11.5. The summed E-state index contributed by atoms with van der Waals surface area (Å²) in [7, 11) is 0. The van der Waals surface area contributed by atoms with Gasteiger partial charge >= 0.3 is 12.1 Å². The highest BCUT2D eigenvalue weighted by molar-refractivity contribution is 5.86. The molecule has 1 saturated heterocycles. The van der Waals surface area contributed by atoms with E-state index < -0.39 is 18.1 Å². The van der Waals surface area contributed by atoms with Crippen LogP contribution in [0.1, 0.15) is 59.3 Å². The zero-order chi connectivity index (χ0) is 14.3. The second-order valence-corrected chi connectivity index (χ2v) is 5.18. The van der Waals surface area contributed by atoms with Crippen molar-refractivity contribution < 1.29 is 19.1 Å². The van der Waals surface area contributed by atoms with Gasteiger partial charge in [0.15, 0.2) is 6.04 Å². The van der Waals surface area contributed by atoms with Crippen LogP contribution in [0.15, 0.2) is 0 Å². The first-order valence-corrected chi connectivity index (χ1v) is 7.22. The first-order valence-electron chi connectivity index (χ1n) is 7.22. The SMILES string of the molecule is CCCCCCCC(C)OC(=O)NC1C(=O)OC1C. The van der Waals surface area contributed by atoms with Crippen molar-refractivity contribution in [1.29, 1.82) is 0 Å². The molecule has 1 rings (SSSR count). The van der Waals surface area contributed by atoms with Gasteiger partial charge in [0.1, 0.15) is 12.2 Å². The normalized spacial score (nSPS) is 23.2. The van der Waals surface area contributed by atoms with E-state index in [-0.39, 0.29) is 12.2 Å². The van der Waals surface area contributed by atoms with Crippen LogP contribution < -0.4 is 5.32 Å². The van der Waals surface area contributed by atoms with E-state index in [1.807, 2.05) is 6.92 Å². The number of esters is 1. The third-order valence-electron chi connectivity index (χ3n) is 3.32. The number of hydrogen-bond donors (Lipinski definition) is 1. The predicted molar refractivity (Wildman–Crippen MR) is 71.8 cm³/mol. The highest BCUT2D eigenvalue weighted by Gasteiger charge is 2.40. The van der Waals surface area contributed by atoms with Gasteiger partial charge in [0.25, 0.3) is 0 Å². The molecule has 110 valence electrons. The monoisotopic (exact) mass is 271 g/mol. The minimum atomic E-state index is -0.552. The van der Waals surface area contributed by atoms with Gasteiger partial charge in [-0.3, -0.25) is 0 Å². The zero-order valence-electron chi connectivity index (χ0n) is 12.1. The van der Waals surface area contributed by atoms with Gasteiger partial charge in [-0.15, -0.1) is 0 Å². The third kappa shape index (κ3) is 5.49. The molecule has 19 heavy (non-hydrogen) atoms. The lowest BCUT2D eigenvalue weighted by molar-refractivity contribution is -0.174. The molecule has 3 atom stereocenters. The Hall–Kier alpha value is -1.26. The van der Waals surface area contributed by atoms with Crippen molar-refractivity contribution in [3.8, 4) is 0 Å². The van der Waals surface area contributed by atoms with Gasteiger partial charge in [-0.2, -0.15) is 0 Å². The maximum Gasteiger partial charge on any atom is 0.408 e. The number of rotatable bonds is 8. The number of cyclic esters (lactones) is 1. The molecule has 0 aromatic carbocycles. The number of nitrogens with one attached hydrogen (secondary N) is 1. The average molecular weight is 271 g/mol. The van der Waals surface area contributed by atoms with Crippen molar-refractivity contribution in [2.24, 2.45) is 0 Å². The molecule has 1 aliphatic rings. The van der Waals surface area contributed by atoms with Gasteiger partial charge in [0.2, 0.25) is 0 Å². The van der Waals surface area contributed by atoms with Crippen LogP contribution in [0.5, 0.6) is 0 Å². The van der Waals surface area contributed by atoms with Crippen LogP contribution in [0.3, 0.4) is 0 Å². The number of carbonyl (C=O) groups is 2. The van der Waals surface area contributed by atoms with Gasteiger partial charge in [-0.05, 0) is 26.7 Å². The molecule has 1 heterocycles. The number of alkyl carbamates (subject to hydrolysis) is 1. The molecule has 0 saturated carbocycles. The average Bonchev–Trinajstić information content (AvgIpc) is 2.36. The van der Waals surface area contributed by atoms with Crippen LogP contribution in [0, 0.1) is 0 Å². The molecular formula is C14H25NO4. The topological polar surface area (TPSA) is 64.6 Å². The molecule has 1 fully saturated rings. The molecule has 0 bridgehead atoms. The number of hydrogen-bond acceptors (Lipinski definition) is 4. The number of carbonyl (C=O) groups excluding carboxylic acids is 2. The van der Waals surface area contributed by atoms with E-state index in [4.69, 9.17) is 9.47 Å². The first kappa shape index (κ1) is 15.8. The van der Waals surface area contributed by atoms with E-state index in [1.54, 1.807) is 6.92 Å². The molecule has 1 aliphatic heterocycles. The Morgan fingerprint density at radius 3 is 2.63 bits per heavy atom. The molecule has 0 spiro atoms. The van der Waals surface area contributed by atoms with Crippen molar-refractivity contribution in [2.45, 2.75) is 77.5 Å². The summed E-state index contributed by atoms with van der Waals surface area (Å²) in [5.74, 6) is -0.392. The van der Waals surface area contributed by atoms with Crippen molar-refractivity contribution >= 4 is 12.1 Å². The Bertz CT molecular complexity index is 306. The van der Waals surface area contributed by atoms with Crippen LogP contribution in [0.2, 0.25) is 0 Å². The van der Waals surface area contributed by atoms with E-state index in [1.165, 1.54) is 25.7 Å². The van der Waals surface area contributed by atoms with E-state index in [0.717, 1.165) is 12.8 Å². The number of ether oxygens (including phenoxy) is 2. The second-order valence-electron chi connectivity index (χ2n) is 5.18. The number of amides is 1. The summed E-state index contributed by atoms with van der Waals surface area (Å²) >= 11 is 0. The fraction of sp³-hybridized carbons (Fsp3) is 0.857. The number of unbranched alkanes of at least 4 members (excludes halogenated alkanes) is 4. The van der Waals surface area contributed by atoms with Crippen molar-refractivity contribution in [3.63, 3.8) is 0 Å². The Kier molecular flexibility index (Phi) is 6.67. The van der Waals surface area contributed by atoms with Gasteiger partial charge in [-0.1, -0.05) is 32.6 Å². The summed E-state index contributed by atoms with van der Waals surface area (Å²) in [6.07, 6.45) is 5.92. The minimum Gasteiger partial charge on any atom is -0.458 e. The highest BCUT2D eigenvalue weighted by atomic mass is 16.6. The summed E-state index contributed by atoms with van der Waals surface area (Å²) < 4.78 is 9.95.